The number of benzene rings is 1. The summed E-state index contributed by atoms with van der Waals surface area (Å²) in [4.78, 5) is 26.8. The number of carbonyl (C=O) groups excluding carboxylic acids is 2. The van der Waals surface area contributed by atoms with E-state index in [1.165, 1.54) is 43.6 Å². The van der Waals surface area contributed by atoms with Crippen molar-refractivity contribution in [3.05, 3.63) is 59.3 Å². The zero-order valence-electron chi connectivity index (χ0n) is 14.8. The summed E-state index contributed by atoms with van der Waals surface area (Å²) < 4.78 is 15.3. The van der Waals surface area contributed by atoms with E-state index < -0.39 is 23.5 Å². The zero-order chi connectivity index (χ0) is 19.6. The molecule has 1 amide bonds. The zero-order valence-corrected chi connectivity index (χ0v) is 14.8. The molecule has 142 valence electrons. The van der Waals surface area contributed by atoms with Gasteiger partial charge in [-0.2, -0.15) is 0 Å². The number of hydrogen-bond donors (Lipinski definition) is 2. The average molecular weight is 373 g/mol. The van der Waals surface area contributed by atoms with Gasteiger partial charge in [-0.25, -0.2) is 0 Å². The number of furan rings is 1. The smallest absolute Gasteiger partial charge is 0.290 e. The van der Waals surface area contributed by atoms with Gasteiger partial charge in [-0.15, -0.1) is 0 Å². The van der Waals surface area contributed by atoms with Gasteiger partial charge in [0.05, 0.1) is 31.6 Å². The van der Waals surface area contributed by atoms with Crippen LogP contribution in [-0.2, 0) is 9.53 Å². The molecule has 1 aliphatic heterocycles. The van der Waals surface area contributed by atoms with E-state index in [1.807, 2.05) is 0 Å². The number of hydrogen-bond acceptors (Lipinski definition) is 7. The van der Waals surface area contributed by atoms with Crippen LogP contribution >= 0.6 is 0 Å². The Morgan fingerprint density at radius 2 is 2.04 bits per heavy atom. The molecule has 0 saturated heterocycles. The summed E-state index contributed by atoms with van der Waals surface area (Å²) in [6.45, 7) is 0.370. The summed E-state index contributed by atoms with van der Waals surface area (Å²) in [6.07, 6.45) is 1.34. The molecule has 8 heteroatoms. The summed E-state index contributed by atoms with van der Waals surface area (Å²) in [5.41, 5.74) is 0.395. The van der Waals surface area contributed by atoms with Gasteiger partial charge in [0.25, 0.3) is 5.91 Å². The number of ether oxygens (including phenoxy) is 2. The molecule has 0 aliphatic carbocycles. The minimum atomic E-state index is -0.875. The number of Topliss-reactive ketones (excluding diaryl/α,β-unsaturated/α-hetero) is 1. The van der Waals surface area contributed by atoms with Crippen LogP contribution in [0, 0.1) is 0 Å². The lowest BCUT2D eigenvalue weighted by Gasteiger charge is -2.26. The Balaban J connectivity index is 2.11. The first-order chi connectivity index (χ1) is 13.0. The van der Waals surface area contributed by atoms with Gasteiger partial charge >= 0.3 is 0 Å². The quantitative estimate of drug-likeness (QED) is 0.716. The normalized spacial score (nSPS) is 16.9. The van der Waals surface area contributed by atoms with Gasteiger partial charge in [0.15, 0.2) is 23.0 Å². The lowest BCUT2D eigenvalue weighted by molar-refractivity contribution is -0.130. The number of aromatic hydroxyl groups is 1. The lowest BCUT2D eigenvalue weighted by Crippen LogP contribution is -2.34. The highest BCUT2D eigenvalue weighted by molar-refractivity contribution is 6.15. The molecular formula is C19H19NO7. The number of amides is 1. The van der Waals surface area contributed by atoms with Crippen LogP contribution < -0.4 is 4.74 Å². The maximum absolute atomic E-state index is 12.9. The van der Waals surface area contributed by atoms with Crippen molar-refractivity contribution in [1.29, 1.82) is 0 Å². The summed E-state index contributed by atoms with van der Waals surface area (Å²) >= 11 is 0. The van der Waals surface area contributed by atoms with E-state index in [0.29, 0.717) is 5.56 Å². The number of phenolic OH excluding ortho intramolecular Hbond substituents is 1. The maximum Gasteiger partial charge on any atom is 0.290 e. The highest BCUT2D eigenvalue weighted by atomic mass is 16.5. The van der Waals surface area contributed by atoms with Crippen molar-refractivity contribution < 1.29 is 33.7 Å². The molecule has 0 spiro atoms. The molecule has 0 unspecified atom stereocenters. The second-order valence-electron chi connectivity index (χ2n) is 5.89. The van der Waals surface area contributed by atoms with Crippen molar-refractivity contribution in [2.24, 2.45) is 0 Å². The minimum Gasteiger partial charge on any atom is -0.504 e. The van der Waals surface area contributed by atoms with Crippen LogP contribution in [0.5, 0.6) is 11.5 Å². The van der Waals surface area contributed by atoms with Crippen LogP contribution in [0.1, 0.15) is 22.2 Å². The Bertz CT molecular complexity index is 885. The molecule has 2 heterocycles. The standard InChI is InChI=1S/C19H19NO7/c1-25-9-7-20-16(11-5-6-12(21)14(10-11)26-2)15(18(23)19(20)24)17(22)13-4-3-8-27-13/h3-6,8,10,16,21,23H,7,9H2,1-2H3/t16-/m0/s1. The monoisotopic (exact) mass is 373 g/mol. The fourth-order valence-corrected chi connectivity index (χ4v) is 3.06. The Labute approximate surface area is 155 Å². The van der Waals surface area contributed by atoms with Gasteiger partial charge in [-0.05, 0) is 29.8 Å². The van der Waals surface area contributed by atoms with E-state index in [1.54, 1.807) is 12.1 Å². The maximum atomic E-state index is 12.9. The molecule has 2 N–H and O–H groups in total. The molecule has 1 atom stereocenters. The number of ketones is 1. The first-order valence-corrected chi connectivity index (χ1v) is 8.17. The van der Waals surface area contributed by atoms with Crippen LogP contribution in [0.2, 0.25) is 0 Å². The molecule has 27 heavy (non-hydrogen) atoms. The summed E-state index contributed by atoms with van der Waals surface area (Å²) in [5, 5.41) is 20.3. The third-order valence-electron chi connectivity index (χ3n) is 4.35. The molecule has 2 aromatic rings. The molecular weight excluding hydrogens is 354 g/mol. The molecule has 3 rings (SSSR count). The van der Waals surface area contributed by atoms with E-state index in [-0.39, 0.29) is 36.0 Å². The molecule has 0 radical (unpaired) electrons. The van der Waals surface area contributed by atoms with Crippen LogP contribution in [0.4, 0.5) is 0 Å². The molecule has 1 aliphatic rings. The van der Waals surface area contributed by atoms with E-state index in [9.17, 15) is 19.8 Å². The van der Waals surface area contributed by atoms with Gasteiger partial charge in [-0.1, -0.05) is 6.07 Å². The Morgan fingerprint density at radius 3 is 2.67 bits per heavy atom. The number of aliphatic hydroxyl groups is 1. The first-order valence-electron chi connectivity index (χ1n) is 8.17. The van der Waals surface area contributed by atoms with Crippen molar-refractivity contribution >= 4 is 11.7 Å². The Hall–Kier alpha value is -3.26. The van der Waals surface area contributed by atoms with E-state index in [0.717, 1.165) is 0 Å². The molecule has 1 aromatic carbocycles. The number of carbonyl (C=O) groups is 2. The molecule has 0 bridgehead atoms. The number of rotatable bonds is 7. The SMILES string of the molecule is COCCN1C(=O)C(O)=C(C(=O)c2ccco2)[C@@H]1c1ccc(O)c(OC)c1. The highest BCUT2D eigenvalue weighted by Gasteiger charge is 2.44. The number of methoxy groups -OCH3 is 2. The van der Waals surface area contributed by atoms with Crippen LogP contribution in [0.25, 0.3) is 0 Å². The minimum absolute atomic E-state index is 0.00804. The number of phenols is 1. The third kappa shape index (κ3) is 3.26. The van der Waals surface area contributed by atoms with Crippen LogP contribution in [0.3, 0.4) is 0 Å². The van der Waals surface area contributed by atoms with Gasteiger partial charge in [0.1, 0.15) is 0 Å². The first kappa shape index (κ1) is 18.5. The van der Waals surface area contributed by atoms with Crippen molar-refractivity contribution in [2.45, 2.75) is 6.04 Å². The third-order valence-corrected chi connectivity index (χ3v) is 4.35. The topological polar surface area (TPSA) is 109 Å². The molecule has 0 fully saturated rings. The van der Waals surface area contributed by atoms with Crippen molar-refractivity contribution in [3.8, 4) is 11.5 Å². The summed E-state index contributed by atoms with van der Waals surface area (Å²) in [5.74, 6) is -1.80. The second-order valence-corrected chi connectivity index (χ2v) is 5.89. The predicted octanol–water partition coefficient (Wildman–Crippen LogP) is 2.22. The van der Waals surface area contributed by atoms with Crippen molar-refractivity contribution in [3.63, 3.8) is 0 Å². The van der Waals surface area contributed by atoms with Gasteiger partial charge in [0.2, 0.25) is 5.78 Å². The Morgan fingerprint density at radius 1 is 1.26 bits per heavy atom. The summed E-state index contributed by atoms with van der Waals surface area (Å²) in [7, 11) is 2.88. The summed E-state index contributed by atoms with van der Waals surface area (Å²) in [6, 6.07) is 6.60. The number of nitrogens with zero attached hydrogens (tertiary/aromatic N) is 1. The second kappa shape index (κ2) is 7.55. The van der Waals surface area contributed by atoms with Gasteiger partial charge in [-0.3, -0.25) is 9.59 Å². The fourth-order valence-electron chi connectivity index (χ4n) is 3.06. The Kier molecular flexibility index (Phi) is 5.18. The van der Waals surface area contributed by atoms with E-state index in [2.05, 4.69) is 0 Å². The van der Waals surface area contributed by atoms with Crippen LogP contribution in [-0.4, -0.2) is 54.2 Å². The molecule has 0 saturated carbocycles. The van der Waals surface area contributed by atoms with E-state index >= 15 is 0 Å². The molecule has 8 nitrogen and oxygen atoms in total. The number of aliphatic hydroxyl groups excluding tert-OH is 1. The van der Waals surface area contributed by atoms with Gasteiger partial charge < -0.3 is 29.0 Å². The lowest BCUT2D eigenvalue weighted by atomic mass is 9.94. The van der Waals surface area contributed by atoms with Crippen LogP contribution in [0.15, 0.2) is 52.3 Å². The van der Waals surface area contributed by atoms with Gasteiger partial charge in [0, 0.05) is 13.7 Å². The van der Waals surface area contributed by atoms with Crippen molar-refractivity contribution in [2.75, 3.05) is 27.4 Å². The van der Waals surface area contributed by atoms with Crippen molar-refractivity contribution in [1.82, 2.24) is 4.90 Å². The van der Waals surface area contributed by atoms with E-state index in [4.69, 9.17) is 13.9 Å². The molecule has 1 aromatic heterocycles. The fraction of sp³-hybridized carbons (Fsp3) is 0.263. The average Bonchev–Trinajstić information content (AvgIpc) is 3.28. The highest BCUT2D eigenvalue weighted by Crippen LogP contribution is 2.41. The largest absolute Gasteiger partial charge is 0.504 e. The predicted molar refractivity (Wildman–Crippen MR) is 93.7 cm³/mol.